The first-order valence-corrected chi connectivity index (χ1v) is 10.6. The topological polar surface area (TPSA) is 58.2 Å². The molecule has 6 heteroatoms. The van der Waals surface area contributed by atoms with E-state index in [-0.39, 0.29) is 12.1 Å². The van der Waals surface area contributed by atoms with Gasteiger partial charge in [-0.25, -0.2) is 9.78 Å². The number of fused-ring (bicyclic) bond motifs is 2. The van der Waals surface area contributed by atoms with E-state index in [1.807, 2.05) is 31.2 Å². The van der Waals surface area contributed by atoms with Crippen molar-refractivity contribution in [1.29, 1.82) is 0 Å². The van der Waals surface area contributed by atoms with Crippen molar-refractivity contribution in [3.63, 3.8) is 0 Å². The molecule has 8 atom stereocenters. The zero-order valence-electron chi connectivity index (χ0n) is 17.1. The molecule has 0 amide bonds. The van der Waals surface area contributed by atoms with Gasteiger partial charge in [-0.05, 0) is 62.3 Å². The van der Waals surface area contributed by atoms with Crippen molar-refractivity contribution in [1.82, 2.24) is 0 Å². The minimum atomic E-state index is -0.733. The summed E-state index contributed by atoms with van der Waals surface area (Å²) in [5.74, 6) is 1.67. The van der Waals surface area contributed by atoms with Crippen LogP contribution in [0.15, 0.2) is 24.3 Å². The molecule has 154 valence electrons. The lowest BCUT2D eigenvalue weighted by molar-refractivity contribution is -0.570. The molecule has 6 rings (SSSR count). The zero-order chi connectivity index (χ0) is 19.5. The molecule has 4 saturated heterocycles. The number of methoxy groups -OCH3 is 1. The van der Waals surface area contributed by atoms with Crippen molar-refractivity contribution in [3.8, 4) is 5.75 Å². The third kappa shape index (κ3) is 2.69. The molecule has 28 heavy (non-hydrogen) atoms. The van der Waals surface area contributed by atoms with E-state index >= 15 is 0 Å². The molecule has 1 unspecified atom stereocenters. The highest BCUT2D eigenvalue weighted by Crippen LogP contribution is 2.60. The Kier molecular flexibility index (Phi) is 4.40. The molecule has 1 aromatic rings. The average Bonchev–Trinajstić information content (AvgIpc) is 2.92. The summed E-state index contributed by atoms with van der Waals surface area (Å²) in [6, 6.07) is 7.95. The molecule has 0 radical (unpaired) electrons. The van der Waals surface area contributed by atoms with Crippen molar-refractivity contribution >= 4 is 5.69 Å². The molecular formula is C22H31NO5. The fraction of sp³-hybridized carbons (Fsp3) is 0.727. The van der Waals surface area contributed by atoms with Crippen LogP contribution in [0.2, 0.25) is 0 Å². The Balaban J connectivity index is 1.46. The molecule has 1 saturated carbocycles. The second-order valence-electron chi connectivity index (χ2n) is 9.20. The minimum Gasteiger partial charge on any atom is -0.497 e. The lowest BCUT2D eigenvalue weighted by Crippen LogP contribution is -2.71. The molecule has 2 bridgehead atoms. The fourth-order valence-electron chi connectivity index (χ4n) is 5.92. The van der Waals surface area contributed by atoms with E-state index in [1.54, 1.807) is 7.11 Å². The summed E-state index contributed by atoms with van der Waals surface area (Å²) < 4.78 is 18.2. The van der Waals surface area contributed by atoms with Gasteiger partial charge in [-0.3, -0.25) is 0 Å². The molecular weight excluding hydrogens is 358 g/mol. The largest absolute Gasteiger partial charge is 0.497 e. The highest BCUT2D eigenvalue weighted by molar-refractivity contribution is 5.47. The van der Waals surface area contributed by atoms with Gasteiger partial charge in [0.25, 0.3) is 0 Å². The average molecular weight is 389 g/mol. The zero-order valence-corrected chi connectivity index (χ0v) is 17.1. The number of ether oxygens (including phenoxy) is 3. The quantitative estimate of drug-likeness (QED) is 0.777. The van der Waals surface area contributed by atoms with Crippen LogP contribution in [0, 0.1) is 23.7 Å². The number of hydrogen-bond acceptors (Lipinski definition) is 6. The Labute approximate surface area is 166 Å². The van der Waals surface area contributed by atoms with Gasteiger partial charge >= 0.3 is 0 Å². The van der Waals surface area contributed by atoms with Crippen molar-refractivity contribution < 1.29 is 24.0 Å². The van der Waals surface area contributed by atoms with Crippen molar-refractivity contribution in [2.75, 3.05) is 12.4 Å². The lowest BCUT2D eigenvalue weighted by atomic mass is 9.58. The molecule has 0 aromatic heterocycles. The summed E-state index contributed by atoms with van der Waals surface area (Å²) in [5, 5.41) is 3.56. The highest BCUT2D eigenvalue weighted by atomic mass is 17.3. The molecule has 6 nitrogen and oxygen atoms in total. The third-order valence-corrected chi connectivity index (χ3v) is 7.56. The summed E-state index contributed by atoms with van der Waals surface area (Å²) in [5.41, 5.74) is 0.502. The fourth-order valence-corrected chi connectivity index (χ4v) is 5.92. The predicted octanol–water partition coefficient (Wildman–Crippen LogP) is 4.32. The van der Waals surface area contributed by atoms with Crippen LogP contribution in [0.5, 0.6) is 5.75 Å². The molecule has 4 aliphatic heterocycles. The van der Waals surface area contributed by atoms with E-state index in [0.717, 1.165) is 30.7 Å². The molecule has 4 heterocycles. The Morgan fingerprint density at radius 2 is 1.82 bits per heavy atom. The van der Waals surface area contributed by atoms with Crippen LogP contribution in [-0.2, 0) is 19.2 Å². The van der Waals surface area contributed by atoms with E-state index in [1.165, 1.54) is 6.42 Å². The van der Waals surface area contributed by atoms with Gasteiger partial charge in [0.05, 0.1) is 7.11 Å². The predicted molar refractivity (Wildman–Crippen MR) is 103 cm³/mol. The van der Waals surface area contributed by atoms with E-state index in [2.05, 4.69) is 19.2 Å². The molecule has 1 aliphatic carbocycles. The van der Waals surface area contributed by atoms with Crippen LogP contribution in [0.4, 0.5) is 5.69 Å². The van der Waals surface area contributed by atoms with E-state index in [0.29, 0.717) is 17.8 Å². The van der Waals surface area contributed by atoms with E-state index in [9.17, 15) is 0 Å². The van der Waals surface area contributed by atoms with Crippen LogP contribution < -0.4 is 10.1 Å². The lowest BCUT2D eigenvalue weighted by Gasteiger charge is -2.60. The van der Waals surface area contributed by atoms with E-state index in [4.69, 9.17) is 24.0 Å². The van der Waals surface area contributed by atoms with Crippen LogP contribution >= 0.6 is 0 Å². The number of hydrogen-bond donors (Lipinski definition) is 1. The number of rotatable bonds is 3. The second kappa shape index (κ2) is 6.59. The van der Waals surface area contributed by atoms with Gasteiger partial charge in [-0.15, -0.1) is 0 Å². The maximum atomic E-state index is 6.55. The number of nitrogens with one attached hydrogen (secondary N) is 1. The standard InChI is InChI=1S/C22H31NO5/c1-13-5-10-18-14(2)19(23-15-6-8-16(24-4)9-7-15)25-20-22(18)17(13)11-12-21(3,26-20)27-28-22/h6-9,13-14,17-20,23H,5,10-12H2,1-4H3/t13-,14-,17+,18+,19?,20-,21-,22-/m1/s1. The van der Waals surface area contributed by atoms with Gasteiger partial charge in [0.1, 0.15) is 12.0 Å². The van der Waals surface area contributed by atoms with Gasteiger partial charge in [0.2, 0.25) is 5.79 Å². The molecule has 1 spiro atoms. The summed E-state index contributed by atoms with van der Waals surface area (Å²) in [6.45, 7) is 6.56. The Morgan fingerprint density at radius 1 is 1.04 bits per heavy atom. The maximum absolute atomic E-state index is 6.55. The molecule has 1 N–H and O–H groups in total. The molecule has 5 fully saturated rings. The van der Waals surface area contributed by atoms with Gasteiger partial charge in [0, 0.05) is 23.9 Å². The van der Waals surface area contributed by atoms with Crippen molar-refractivity contribution in [2.24, 2.45) is 23.7 Å². The Morgan fingerprint density at radius 3 is 2.57 bits per heavy atom. The smallest absolute Gasteiger partial charge is 0.201 e. The summed E-state index contributed by atoms with van der Waals surface area (Å²) in [4.78, 5) is 12.1. The van der Waals surface area contributed by atoms with Crippen molar-refractivity contribution in [3.05, 3.63) is 24.3 Å². The molecule has 5 aliphatic rings. The highest BCUT2D eigenvalue weighted by Gasteiger charge is 2.69. The van der Waals surface area contributed by atoms with Crippen LogP contribution in [-0.4, -0.2) is 31.0 Å². The SMILES string of the molecule is COc1ccc(NC2O[C@@H]3O[C@@]4(C)CC[C@H]5[C@H](C)CC[C@@H]([C@H]2C)[C@@]35OO4)cc1. The first-order valence-electron chi connectivity index (χ1n) is 10.6. The Hall–Kier alpha value is -1.34. The first-order chi connectivity index (χ1) is 13.4. The second-order valence-corrected chi connectivity index (χ2v) is 9.20. The normalized spacial score (nSPS) is 47.1. The van der Waals surface area contributed by atoms with E-state index < -0.39 is 17.7 Å². The maximum Gasteiger partial charge on any atom is 0.201 e. The Bertz CT molecular complexity index is 726. The van der Waals surface area contributed by atoms with Crippen LogP contribution in [0.25, 0.3) is 0 Å². The number of anilines is 1. The van der Waals surface area contributed by atoms with Crippen LogP contribution in [0.3, 0.4) is 0 Å². The summed E-state index contributed by atoms with van der Waals surface area (Å²) in [7, 11) is 1.68. The molecule has 1 aromatic carbocycles. The van der Waals surface area contributed by atoms with Gasteiger partial charge in [0.15, 0.2) is 11.9 Å². The van der Waals surface area contributed by atoms with Crippen molar-refractivity contribution in [2.45, 2.75) is 70.4 Å². The summed E-state index contributed by atoms with van der Waals surface area (Å²) in [6.07, 6.45) is 3.64. The number of benzene rings is 1. The van der Waals surface area contributed by atoms with Gasteiger partial charge in [-0.1, -0.05) is 13.8 Å². The van der Waals surface area contributed by atoms with Gasteiger partial charge < -0.3 is 19.5 Å². The minimum absolute atomic E-state index is 0.144. The summed E-state index contributed by atoms with van der Waals surface area (Å²) >= 11 is 0. The first kappa shape index (κ1) is 18.7. The van der Waals surface area contributed by atoms with Gasteiger partial charge in [-0.2, -0.15) is 0 Å². The third-order valence-electron chi connectivity index (χ3n) is 7.56. The van der Waals surface area contributed by atoms with Crippen LogP contribution in [0.1, 0.15) is 46.5 Å². The monoisotopic (exact) mass is 389 g/mol.